The molecule has 4 rings (SSSR count). The molecule has 1 aromatic carbocycles. The van der Waals surface area contributed by atoms with Crippen molar-refractivity contribution in [3.8, 4) is 0 Å². The molecule has 1 saturated heterocycles. The Labute approximate surface area is 204 Å². The molecule has 186 valence electrons. The number of benzene rings is 1. The first-order valence-corrected chi connectivity index (χ1v) is 12.2. The molecule has 0 bridgehead atoms. The van der Waals surface area contributed by atoms with Crippen LogP contribution in [0.2, 0.25) is 0 Å². The Bertz CT molecular complexity index is 1100. The van der Waals surface area contributed by atoms with Crippen molar-refractivity contribution >= 4 is 34.6 Å². The van der Waals surface area contributed by atoms with Gasteiger partial charge in [0.2, 0.25) is 11.8 Å². The van der Waals surface area contributed by atoms with Crippen LogP contribution >= 0.6 is 0 Å². The number of carboxylic acid groups (broad SMARTS) is 1. The van der Waals surface area contributed by atoms with Crippen LogP contribution in [0.15, 0.2) is 41.5 Å². The minimum absolute atomic E-state index is 0.0953. The Hall–Kier alpha value is -3.69. The summed E-state index contributed by atoms with van der Waals surface area (Å²) < 4.78 is 0. The molecule has 2 aliphatic heterocycles. The maximum absolute atomic E-state index is 13.0. The lowest BCUT2D eigenvalue weighted by Crippen LogP contribution is -2.44. The first-order chi connectivity index (χ1) is 17.0. The number of nitrogens with one attached hydrogen (secondary N) is 3. The number of para-hydroxylation sites is 1. The van der Waals surface area contributed by atoms with E-state index in [9.17, 15) is 19.5 Å². The standard InChI is InChI=1S/C25H32N6O4/c32-22(6-3-9-26-25-27-10-11-28-25)31-12-7-17(8-13-31)24(35)30-21(15-23(33)34)19-14-18-4-1-2-5-20(18)29-16-19/h1-2,4-5,14,16-17,21H,3,6-13,15H2,(H,30,35)(H,33,34)(H2,26,27,28). The largest absolute Gasteiger partial charge is 0.481 e. The number of guanidine groups is 1. The van der Waals surface area contributed by atoms with Crippen LogP contribution in [0, 0.1) is 5.92 Å². The number of carboxylic acids is 1. The van der Waals surface area contributed by atoms with E-state index in [1.54, 1.807) is 6.20 Å². The third-order valence-corrected chi connectivity index (χ3v) is 6.46. The summed E-state index contributed by atoms with van der Waals surface area (Å²) in [4.78, 5) is 47.5. The molecule has 1 aromatic heterocycles. The molecule has 35 heavy (non-hydrogen) atoms. The lowest BCUT2D eigenvalue weighted by Gasteiger charge is -2.32. The van der Waals surface area contributed by atoms with Gasteiger partial charge in [-0.1, -0.05) is 18.2 Å². The zero-order chi connectivity index (χ0) is 24.6. The minimum atomic E-state index is -0.992. The number of carbonyl (C=O) groups is 3. The van der Waals surface area contributed by atoms with Gasteiger partial charge in [0.1, 0.15) is 0 Å². The van der Waals surface area contributed by atoms with Crippen molar-refractivity contribution in [3.63, 3.8) is 0 Å². The summed E-state index contributed by atoms with van der Waals surface area (Å²) in [6.07, 6.45) is 3.70. The SMILES string of the molecule is O=C(O)CC(NC(=O)C1CCN(C(=O)CCCNC2=NCCN2)CC1)c1cnc2ccccc2c1. The van der Waals surface area contributed by atoms with Crippen LogP contribution in [0.1, 0.15) is 43.7 Å². The van der Waals surface area contributed by atoms with Crippen molar-refractivity contribution in [2.45, 2.75) is 38.1 Å². The van der Waals surface area contributed by atoms with Crippen LogP contribution in [0.4, 0.5) is 0 Å². The molecule has 1 fully saturated rings. The van der Waals surface area contributed by atoms with E-state index in [-0.39, 0.29) is 24.2 Å². The Kier molecular flexibility index (Phi) is 8.12. The molecule has 1 atom stereocenters. The van der Waals surface area contributed by atoms with Gasteiger partial charge in [0.05, 0.1) is 24.5 Å². The highest BCUT2D eigenvalue weighted by atomic mass is 16.4. The predicted octanol–water partition coefficient (Wildman–Crippen LogP) is 1.43. The van der Waals surface area contributed by atoms with Gasteiger partial charge in [0.25, 0.3) is 0 Å². The maximum Gasteiger partial charge on any atom is 0.305 e. The van der Waals surface area contributed by atoms with Gasteiger partial charge in [0.15, 0.2) is 5.96 Å². The summed E-state index contributed by atoms with van der Waals surface area (Å²) in [5.41, 5.74) is 1.48. The Morgan fingerprint density at radius 2 is 2.00 bits per heavy atom. The highest BCUT2D eigenvalue weighted by Crippen LogP contribution is 2.24. The lowest BCUT2D eigenvalue weighted by atomic mass is 9.94. The number of aromatic nitrogens is 1. The molecule has 2 amide bonds. The molecule has 0 spiro atoms. The van der Waals surface area contributed by atoms with Gasteiger partial charge in [-0.15, -0.1) is 0 Å². The van der Waals surface area contributed by atoms with Gasteiger partial charge in [-0.3, -0.25) is 24.4 Å². The van der Waals surface area contributed by atoms with E-state index in [0.717, 1.165) is 36.4 Å². The van der Waals surface area contributed by atoms with Crippen LogP contribution in [0.5, 0.6) is 0 Å². The van der Waals surface area contributed by atoms with E-state index in [4.69, 9.17) is 0 Å². The third-order valence-electron chi connectivity index (χ3n) is 6.46. The van der Waals surface area contributed by atoms with Crippen molar-refractivity contribution < 1.29 is 19.5 Å². The number of hydrogen-bond donors (Lipinski definition) is 4. The second-order valence-electron chi connectivity index (χ2n) is 8.96. The summed E-state index contributed by atoms with van der Waals surface area (Å²) >= 11 is 0. The normalized spacial score (nSPS) is 16.9. The van der Waals surface area contributed by atoms with E-state index in [1.165, 1.54) is 0 Å². The number of pyridine rings is 1. The summed E-state index contributed by atoms with van der Waals surface area (Å²) in [6.45, 7) is 3.37. The van der Waals surface area contributed by atoms with Gasteiger partial charge in [-0.25, -0.2) is 0 Å². The minimum Gasteiger partial charge on any atom is -0.481 e. The molecule has 10 heteroatoms. The molecule has 3 heterocycles. The molecule has 2 aliphatic rings. The number of fused-ring (bicyclic) bond motifs is 1. The molecule has 2 aromatic rings. The maximum atomic E-state index is 13.0. The van der Waals surface area contributed by atoms with Crippen LogP contribution in [0.25, 0.3) is 10.9 Å². The third kappa shape index (κ3) is 6.68. The van der Waals surface area contributed by atoms with Crippen molar-refractivity contribution in [3.05, 3.63) is 42.1 Å². The van der Waals surface area contributed by atoms with Gasteiger partial charge >= 0.3 is 5.97 Å². The van der Waals surface area contributed by atoms with Crippen molar-refractivity contribution in [2.24, 2.45) is 10.9 Å². The second kappa shape index (κ2) is 11.6. The highest BCUT2D eigenvalue weighted by molar-refractivity contribution is 5.83. The number of hydrogen-bond acceptors (Lipinski definition) is 7. The Morgan fingerprint density at radius 3 is 2.74 bits per heavy atom. The fourth-order valence-electron chi connectivity index (χ4n) is 4.51. The number of aliphatic imine (C=N–C) groups is 1. The van der Waals surface area contributed by atoms with E-state index in [1.807, 2.05) is 35.2 Å². The zero-order valence-corrected chi connectivity index (χ0v) is 19.7. The fourth-order valence-corrected chi connectivity index (χ4v) is 4.51. The summed E-state index contributed by atoms with van der Waals surface area (Å²) in [6, 6.07) is 8.80. The number of piperidine rings is 1. The van der Waals surface area contributed by atoms with E-state index in [2.05, 4.69) is 25.9 Å². The van der Waals surface area contributed by atoms with E-state index < -0.39 is 12.0 Å². The molecular formula is C25H32N6O4. The quantitative estimate of drug-likeness (QED) is 0.399. The predicted molar refractivity (Wildman–Crippen MR) is 132 cm³/mol. The van der Waals surface area contributed by atoms with Gasteiger partial charge < -0.3 is 26.0 Å². The first kappa shape index (κ1) is 24.4. The van der Waals surface area contributed by atoms with Crippen LogP contribution < -0.4 is 16.0 Å². The van der Waals surface area contributed by atoms with Crippen molar-refractivity contribution in [2.75, 3.05) is 32.7 Å². The zero-order valence-electron chi connectivity index (χ0n) is 19.7. The smallest absolute Gasteiger partial charge is 0.305 e. The molecule has 0 radical (unpaired) electrons. The Morgan fingerprint density at radius 1 is 1.20 bits per heavy atom. The fraction of sp³-hybridized carbons (Fsp3) is 0.480. The molecule has 1 unspecified atom stereocenters. The average molecular weight is 481 g/mol. The van der Waals surface area contributed by atoms with E-state index >= 15 is 0 Å². The number of aliphatic carboxylic acids is 1. The number of nitrogens with zero attached hydrogens (tertiary/aromatic N) is 3. The van der Waals surface area contributed by atoms with Gasteiger partial charge in [-0.2, -0.15) is 0 Å². The van der Waals surface area contributed by atoms with Gasteiger partial charge in [-0.05, 0) is 37.0 Å². The summed E-state index contributed by atoms with van der Waals surface area (Å²) in [7, 11) is 0. The molecule has 0 aliphatic carbocycles. The monoisotopic (exact) mass is 480 g/mol. The lowest BCUT2D eigenvalue weighted by molar-refractivity contribution is -0.139. The summed E-state index contributed by atoms with van der Waals surface area (Å²) in [5.74, 6) is -0.528. The highest BCUT2D eigenvalue weighted by Gasteiger charge is 2.29. The molecular weight excluding hydrogens is 448 g/mol. The first-order valence-electron chi connectivity index (χ1n) is 12.2. The summed E-state index contributed by atoms with van der Waals surface area (Å²) in [5, 5.41) is 19.5. The number of amides is 2. The van der Waals surface area contributed by atoms with Gasteiger partial charge in [0, 0.05) is 50.1 Å². The topological polar surface area (TPSA) is 136 Å². The van der Waals surface area contributed by atoms with Crippen LogP contribution in [-0.2, 0) is 14.4 Å². The Balaban J connectivity index is 1.26. The van der Waals surface area contributed by atoms with Crippen molar-refractivity contribution in [1.82, 2.24) is 25.8 Å². The second-order valence-corrected chi connectivity index (χ2v) is 8.96. The van der Waals surface area contributed by atoms with Crippen LogP contribution in [0.3, 0.4) is 0 Å². The van der Waals surface area contributed by atoms with Crippen LogP contribution in [-0.4, -0.2) is 71.5 Å². The average Bonchev–Trinajstić information content (AvgIpc) is 3.39. The molecule has 0 saturated carbocycles. The van der Waals surface area contributed by atoms with Crippen molar-refractivity contribution in [1.29, 1.82) is 0 Å². The number of rotatable bonds is 9. The number of carbonyl (C=O) groups excluding carboxylic acids is 2. The molecule has 10 nitrogen and oxygen atoms in total. The number of likely N-dealkylation sites (tertiary alicyclic amines) is 1. The van der Waals surface area contributed by atoms with E-state index in [0.29, 0.717) is 44.5 Å². The molecule has 4 N–H and O–H groups in total.